The number of nitrogens with one attached hydrogen (secondary N) is 1. The maximum atomic E-state index is 12.9. The Morgan fingerprint density at radius 1 is 1.29 bits per heavy atom. The average Bonchev–Trinajstić information content (AvgIpc) is 2.88. The number of aryl methyl sites for hydroxylation is 2. The van der Waals surface area contributed by atoms with Crippen LogP contribution in [0.1, 0.15) is 46.7 Å². The van der Waals surface area contributed by atoms with Gasteiger partial charge in [0.15, 0.2) is 0 Å². The zero-order valence-electron chi connectivity index (χ0n) is 14.3. The quantitative estimate of drug-likeness (QED) is 0.815. The third-order valence-corrected chi connectivity index (χ3v) is 4.39. The van der Waals surface area contributed by atoms with Crippen molar-refractivity contribution in [1.82, 2.24) is 15.1 Å². The summed E-state index contributed by atoms with van der Waals surface area (Å²) < 4.78 is 0. The van der Waals surface area contributed by atoms with E-state index in [9.17, 15) is 4.79 Å². The third-order valence-electron chi connectivity index (χ3n) is 4.39. The van der Waals surface area contributed by atoms with E-state index in [1.54, 1.807) is 11.1 Å². The van der Waals surface area contributed by atoms with Crippen molar-refractivity contribution in [2.45, 2.75) is 33.1 Å². The van der Waals surface area contributed by atoms with E-state index in [1.165, 1.54) is 0 Å². The number of hydrogen-bond acceptors (Lipinski definition) is 2. The fourth-order valence-corrected chi connectivity index (χ4v) is 3.28. The van der Waals surface area contributed by atoms with Gasteiger partial charge in [0.25, 0.3) is 5.91 Å². The molecule has 0 bridgehead atoms. The molecular weight excluding hydrogens is 300 g/mol. The number of benzene rings is 1. The van der Waals surface area contributed by atoms with Crippen LogP contribution in [0.25, 0.3) is 10.5 Å². The van der Waals surface area contributed by atoms with Crippen LogP contribution in [-0.4, -0.2) is 27.5 Å². The summed E-state index contributed by atoms with van der Waals surface area (Å²) in [6, 6.07) is 7.49. The SMILES string of the molecule is [C-]#[N+]C1=CN(C(=O)c2ccc(C)cc2)CC(C)(C)c2c1n[nH]c2C. The maximum Gasteiger partial charge on any atom is 0.256 e. The van der Waals surface area contributed by atoms with Crippen molar-refractivity contribution in [3.63, 3.8) is 0 Å². The van der Waals surface area contributed by atoms with E-state index in [2.05, 4.69) is 28.9 Å². The molecule has 1 aromatic heterocycles. The van der Waals surface area contributed by atoms with Gasteiger partial charge in [-0.3, -0.25) is 9.89 Å². The standard InChI is InChI=1S/C19H20N4O/c1-12-6-8-14(9-7-12)18(24)23-10-15(20-5)17-16(13(2)21-22-17)19(3,4)11-23/h6-10H,11H2,1-4H3,(H,21,22). The predicted octanol–water partition coefficient (Wildman–Crippen LogP) is 3.68. The molecule has 1 amide bonds. The summed E-state index contributed by atoms with van der Waals surface area (Å²) in [5.74, 6) is -0.101. The minimum Gasteiger partial charge on any atom is -0.324 e. The van der Waals surface area contributed by atoms with Crippen LogP contribution in [-0.2, 0) is 5.41 Å². The van der Waals surface area contributed by atoms with Crippen LogP contribution >= 0.6 is 0 Å². The molecule has 1 aliphatic heterocycles. The highest BCUT2D eigenvalue weighted by Crippen LogP contribution is 2.36. The van der Waals surface area contributed by atoms with Crippen molar-refractivity contribution in [2.75, 3.05) is 6.54 Å². The molecule has 0 fully saturated rings. The van der Waals surface area contributed by atoms with Crippen LogP contribution in [0.3, 0.4) is 0 Å². The largest absolute Gasteiger partial charge is 0.324 e. The molecule has 24 heavy (non-hydrogen) atoms. The van der Waals surface area contributed by atoms with Crippen LogP contribution in [0.5, 0.6) is 0 Å². The van der Waals surface area contributed by atoms with E-state index >= 15 is 0 Å². The van der Waals surface area contributed by atoms with Gasteiger partial charge in [-0.2, -0.15) is 5.10 Å². The number of rotatable bonds is 1. The van der Waals surface area contributed by atoms with E-state index in [4.69, 9.17) is 6.57 Å². The number of carbonyl (C=O) groups excluding carboxylic acids is 1. The first-order valence-electron chi connectivity index (χ1n) is 7.86. The molecular formula is C19H20N4O. The first-order chi connectivity index (χ1) is 11.3. The lowest BCUT2D eigenvalue weighted by Crippen LogP contribution is -2.37. The van der Waals surface area contributed by atoms with Gasteiger partial charge in [-0.15, -0.1) is 0 Å². The Morgan fingerprint density at radius 2 is 1.96 bits per heavy atom. The Bertz CT molecular complexity index is 866. The Kier molecular flexibility index (Phi) is 3.76. The second-order valence-corrected chi connectivity index (χ2v) is 6.88. The number of H-pyrrole nitrogens is 1. The lowest BCUT2D eigenvalue weighted by atomic mass is 9.82. The van der Waals surface area contributed by atoms with Crippen molar-refractivity contribution in [2.24, 2.45) is 0 Å². The monoisotopic (exact) mass is 320 g/mol. The first kappa shape index (κ1) is 16.0. The fourth-order valence-electron chi connectivity index (χ4n) is 3.28. The van der Waals surface area contributed by atoms with Crippen molar-refractivity contribution >= 4 is 11.6 Å². The summed E-state index contributed by atoms with van der Waals surface area (Å²) in [5.41, 5.74) is 4.39. The summed E-state index contributed by atoms with van der Waals surface area (Å²) in [5, 5.41) is 7.27. The average molecular weight is 320 g/mol. The van der Waals surface area contributed by atoms with Gasteiger partial charge in [-0.25, -0.2) is 4.85 Å². The van der Waals surface area contributed by atoms with Gasteiger partial charge in [-0.05, 0) is 31.5 Å². The van der Waals surface area contributed by atoms with Gasteiger partial charge < -0.3 is 4.90 Å². The zero-order valence-corrected chi connectivity index (χ0v) is 14.3. The zero-order chi connectivity index (χ0) is 17.5. The predicted molar refractivity (Wildman–Crippen MR) is 93.1 cm³/mol. The molecule has 0 saturated carbocycles. The lowest BCUT2D eigenvalue weighted by Gasteiger charge is -2.30. The van der Waals surface area contributed by atoms with Gasteiger partial charge >= 0.3 is 0 Å². The molecule has 1 N–H and O–H groups in total. The molecule has 0 spiro atoms. The van der Waals surface area contributed by atoms with Crippen molar-refractivity contribution < 1.29 is 4.79 Å². The van der Waals surface area contributed by atoms with E-state index in [0.717, 1.165) is 16.8 Å². The fraction of sp³-hybridized carbons (Fsp3) is 0.316. The molecule has 0 atom stereocenters. The molecule has 2 heterocycles. The number of hydrogen-bond donors (Lipinski definition) is 1. The van der Waals surface area contributed by atoms with Crippen LogP contribution in [0, 0.1) is 20.4 Å². The first-order valence-corrected chi connectivity index (χ1v) is 7.86. The van der Waals surface area contributed by atoms with Crippen molar-refractivity contribution in [3.8, 4) is 0 Å². The van der Waals surface area contributed by atoms with Gasteiger partial charge in [0, 0.05) is 29.4 Å². The molecule has 2 aromatic rings. The second kappa shape index (κ2) is 5.64. The van der Waals surface area contributed by atoms with Crippen LogP contribution < -0.4 is 0 Å². The molecule has 0 radical (unpaired) electrons. The minimum atomic E-state index is -0.310. The number of carbonyl (C=O) groups is 1. The van der Waals surface area contributed by atoms with E-state index < -0.39 is 0 Å². The van der Waals surface area contributed by atoms with E-state index in [0.29, 0.717) is 23.5 Å². The van der Waals surface area contributed by atoms with Gasteiger partial charge in [0.05, 0.1) is 12.3 Å². The Labute approximate surface area is 141 Å². The number of aromatic amines is 1. The highest BCUT2D eigenvalue weighted by Gasteiger charge is 2.35. The Morgan fingerprint density at radius 3 is 2.58 bits per heavy atom. The van der Waals surface area contributed by atoms with E-state index in [1.807, 2.05) is 38.1 Å². The van der Waals surface area contributed by atoms with Crippen LogP contribution in [0.4, 0.5) is 0 Å². The summed E-state index contributed by atoms with van der Waals surface area (Å²) in [7, 11) is 0. The molecule has 3 rings (SSSR count). The lowest BCUT2D eigenvalue weighted by molar-refractivity contribution is 0.0800. The smallest absolute Gasteiger partial charge is 0.256 e. The molecule has 0 unspecified atom stereocenters. The minimum absolute atomic E-state index is 0.101. The van der Waals surface area contributed by atoms with Gasteiger partial charge in [0.2, 0.25) is 5.70 Å². The Hall–Kier alpha value is -2.87. The van der Waals surface area contributed by atoms with Gasteiger partial charge in [-0.1, -0.05) is 31.5 Å². The third kappa shape index (κ3) is 2.61. The molecule has 5 heteroatoms. The molecule has 0 saturated heterocycles. The summed E-state index contributed by atoms with van der Waals surface area (Å²) in [4.78, 5) is 18.2. The highest BCUT2D eigenvalue weighted by atomic mass is 16.2. The molecule has 5 nitrogen and oxygen atoms in total. The van der Waals surface area contributed by atoms with Crippen LogP contribution in [0.15, 0.2) is 30.5 Å². The maximum absolute atomic E-state index is 12.9. The Balaban J connectivity index is 2.07. The van der Waals surface area contributed by atoms with E-state index in [-0.39, 0.29) is 11.3 Å². The number of nitrogens with zero attached hydrogens (tertiary/aromatic N) is 3. The normalized spacial score (nSPS) is 16.0. The topological polar surface area (TPSA) is 53.4 Å². The highest BCUT2D eigenvalue weighted by molar-refractivity contribution is 5.96. The molecule has 1 aromatic carbocycles. The van der Waals surface area contributed by atoms with Gasteiger partial charge in [0.1, 0.15) is 0 Å². The summed E-state index contributed by atoms with van der Waals surface area (Å²) in [6.45, 7) is 16.1. The van der Waals surface area contributed by atoms with Crippen molar-refractivity contribution in [1.29, 1.82) is 0 Å². The molecule has 0 aliphatic carbocycles. The van der Waals surface area contributed by atoms with Crippen LogP contribution in [0.2, 0.25) is 0 Å². The summed E-state index contributed by atoms with van der Waals surface area (Å²) >= 11 is 0. The molecule has 1 aliphatic rings. The second-order valence-electron chi connectivity index (χ2n) is 6.88. The van der Waals surface area contributed by atoms with Crippen molar-refractivity contribution in [3.05, 3.63) is 70.0 Å². The number of fused-ring (bicyclic) bond motifs is 1. The molecule has 122 valence electrons. The summed E-state index contributed by atoms with van der Waals surface area (Å²) in [6.07, 6.45) is 1.63. The number of amides is 1. The number of aromatic nitrogens is 2.